The van der Waals surface area contributed by atoms with E-state index in [0.29, 0.717) is 11.2 Å². The van der Waals surface area contributed by atoms with Gasteiger partial charge in [0.15, 0.2) is 0 Å². The van der Waals surface area contributed by atoms with E-state index in [1.165, 1.54) is 25.7 Å². The molecule has 0 heterocycles. The molecule has 0 aromatic rings. The first kappa shape index (κ1) is 14.3. The SMILES string of the molecule is CC1CCCC(SC(CO)C(N)C(C)C)C1. The van der Waals surface area contributed by atoms with E-state index in [0.717, 1.165) is 5.92 Å². The van der Waals surface area contributed by atoms with Gasteiger partial charge >= 0.3 is 0 Å². The molecule has 4 unspecified atom stereocenters. The summed E-state index contributed by atoms with van der Waals surface area (Å²) in [5.41, 5.74) is 6.14. The second-order valence-electron chi connectivity index (χ2n) is 5.57. The fraction of sp³-hybridized carbons (Fsp3) is 1.00. The lowest BCUT2D eigenvalue weighted by Gasteiger charge is -2.32. The van der Waals surface area contributed by atoms with Crippen LogP contribution in [0.2, 0.25) is 0 Å². The van der Waals surface area contributed by atoms with Gasteiger partial charge in [-0.25, -0.2) is 0 Å². The summed E-state index contributed by atoms with van der Waals surface area (Å²) in [4.78, 5) is 0. The first-order valence-electron chi connectivity index (χ1n) is 6.56. The molecule has 0 aromatic heterocycles. The van der Waals surface area contributed by atoms with Crippen LogP contribution in [0.1, 0.15) is 46.5 Å². The van der Waals surface area contributed by atoms with Crippen LogP contribution in [-0.2, 0) is 0 Å². The van der Waals surface area contributed by atoms with Crippen molar-refractivity contribution in [1.82, 2.24) is 0 Å². The Bertz CT molecular complexity index is 198. The highest BCUT2D eigenvalue weighted by atomic mass is 32.2. The van der Waals surface area contributed by atoms with E-state index in [9.17, 15) is 5.11 Å². The maximum Gasteiger partial charge on any atom is 0.0565 e. The van der Waals surface area contributed by atoms with Gasteiger partial charge in [0.1, 0.15) is 0 Å². The molecule has 0 spiro atoms. The van der Waals surface area contributed by atoms with Gasteiger partial charge in [0, 0.05) is 16.5 Å². The molecule has 1 saturated carbocycles. The van der Waals surface area contributed by atoms with Crippen molar-refractivity contribution in [2.75, 3.05) is 6.61 Å². The van der Waals surface area contributed by atoms with Crippen molar-refractivity contribution in [1.29, 1.82) is 0 Å². The molecule has 0 amide bonds. The number of rotatable bonds is 5. The number of hydrogen-bond donors (Lipinski definition) is 2. The molecule has 16 heavy (non-hydrogen) atoms. The van der Waals surface area contributed by atoms with Gasteiger partial charge in [-0.3, -0.25) is 0 Å². The second-order valence-corrected chi connectivity index (χ2v) is 7.12. The molecule has 1 rings (SSSR count). The Labute approximate surface area is 104 Å². The van der Waals surface area contributed by atoms with Crippen molar-refractivity contribution in [2.45, 2.75) is 63.0 Å². The van der Waals surface area contributed by atoms with Crippen molar-refractivity contribution < 1.29 is 5.11 Å². The minimum absolute atomic E-state index is 0.118. The van der Waals surface area contributed by atoms with Crippen LogP contribution >= 0.6 is 11.8 Å². The lowest BCUT2D eigenvalue weighted by Crippen LogP contribution is -2.40. The van der Waals surface area contributed by atoms with E-state index in [-0.39, 0.29) is 17.9 Å². The molecule has 0 radical (unpaired) electrons. The summed E-state index contributed by atoms with van der Waals surface area (Å²) in [5, 5.41) is 10.4. The smallest absolute Gasteiger partial charge is 0.0565 e. The average Bonchev–Trinajstić information content (AvgIpc) is 2.25. The molecule has 1 aliphatic rings. The van der Waals surface area contributed by atoms with Crippen LogP contribution in [0.5, 0.6) is 0 Å². The molecule has 1 aliphatic carbocycles. The zero-order chi connectivity index (χ0) is 12.1. The molecule has 4 atom stereocenters. The molecular formula is C13H27NOS. The van der Waals surface area contributed by atoms with Gasteiger partial charge in [-0.1, -0.05) is 33.6 Å². The van der Waals surface area contributed by atoms with Crippen LogP contribution in [0.4, 0.5) is 0 Å². The Kier molecular flexibility index (Phi) is 6.16. The highest BCUT2D eigenvalue weighted by Gasteiger charge is 2.27. The lowest BCUT2D eigenvalue weighted by atomic mass is 9.90. The van der Waals surface area contributed by atoms with Gasteiger partial charge < -0.3 is 10.8 Å². The fourth-order valence-corrected chi connectivity index (χ4v) is 4.25. The lowest BCUT2D eigenvalue weighted by molar-refractivity contribution is 0.268. The topological polar surface area (TPSA) is 46.2 Å². The van der Waals surface area contributed by atoms with E-state index in [4.69, 9.17) is 5.73 Å². The van der Waals surface area contributed by atoms with Crippen LogP contribution in [0.3, 0.4) is 0 Å². The van der Waals surface area contributed by atoms with Gasteiger partial charge in [0.25, 0.3) is 0 Å². The molecular weight excluding hydrogens is 218 g/mol. The number of thioether (sulfide) groups is 1. The fourth-order valence-electron chi connectivity index (χ4n) is 2.43. The third kappa shape index (κ3) is 4.27. The van der Waals surface area contributed by atoms with Crippen molar-refractivity contribution in [3.8, 4) is 0 Å². The minimum Gasteiger partial charge on any atom is -0.395 e. The van der Waals surface area contributed by atoms with E-state index >= 15 is 0 Å². The molecule has 3 heteroatoms. The Morgan fingerprint density at radius 2 is 2.06 bits per heavy atom. The summed E-state index contributed by atoms with van der Waals surface area (Å²) in [6.07, 6.45) is 5.31. The zero-order valence-corrected chi connectivity index (χ0v) is 11.7. The van der Waals surface area contributed by atoms with E-state index in [1.807, 2.05) is 11.8 Å². The number of aliphatic hydroxyl groups excluding tert-OH is 1. The van der Waals surface area contributed by atoms with Crippen LogP contribution in [0, 0.1) is 11.8 Å². The van der Waals surface area contributed by atoms with Gasteiger partial charge in [-0.05, 0) is 24.7 Å². The first-order chi connectivity index (χ1) is 7.54. The average molecular weight is 245 g/mol. The Hall–Kier alpha value is 0.270. The molecule has 2 nitrogen and oxygen atoms in total. The predicted molar refractivity (Wildman–Crippen MR) is 72.7 cm³/mol. The van der Waals surface area contributed by atoms with E-state index in [2.05, 4.69) is 20.8 Å². The van der Waals surface area contributed by atoms with E-state index in [1.54, 1.807) is 0 Å². The number of hydrogen-bond acceptors (Lipinski definition) is 3. The summed E-state index contributed by atoms with van der Waals surface area (Å²) in [5.74, 6) is 1.30. The standard InChI is InChI=1S/C13H27NOS/c1-9(2)13(14)12(8-15)16-11-6-4-5-10(3)7-11/h9-13,15H,4-8,14H2,1-3H3. The Morgan fingerprint density at radius 1 is 1.38 bits per heavy atom. The first-order valence-corrected chi connectivity index (χ1v) is 7.50. The number of nitrogens with two attached hydrogens (primary N) is 1. The molecule has 0 aliphatic heterocycles. The summed E-state index contributed by atoms with van der Waals surface area (Å²) in [6, 6.07) is 0.118. The zero-order valence-electron chi connectivity index (χ0n) is 10.9. The molecule has 96 valence electrons. The van der Waals surface area contributed by atoms with Crippen molar-refractivity contribution in [3.63, 3.8) is 0 Å². The maximum absolute atomic E-state index is 9.44. The molecule has 0 bridgehead atoms. The summed E-state index contributed by atoms with van der Waals surface area (Å²) < 4.78 is 0. The monoisotopic (exact) mass is 245 g/mol. The molecule has 0 aromatic carbocycles. The largest absolute Gasteiger partial charge is 0.395 e. The maximum atomic E-state index is 9.44. The van der Waals surface area contributed by atoms with Crippen LogP contribution < -0.4 is 5.73 Å². The summed E-state index contributed by atoms with van der Waals surface area (Å²) in [7, 11) is 0. The third-order valence-electron chi connectivity index (χ3n) is 3.63. The molecule has 1 fully saturated rings. The van der Waals surface area contributed by atoms with Gasteiger partial charge in [-0.2, -0.15) is 11.8 Å². The van der Waals surface area contributed by atoms with Crippen molar-refractivity contribution >= 4 is 11.8 Å². The quantitative estimate of drug-likeness (QED) is 0.783. The van der Waals surface area contributed by atoms with Gasteiger partial charge in [-0.15, -0.1) is 0 Å². The summed E-state index contributed by atoms with van der Waals surface area (Å²) >= 11 is 1.93. The van der Waals surface area contributed by atoms with Crippen LogP contribution in [0.15, 0.2) is 0 Å². The molecule has 0 saturated heterocycles. The normalized spacial score (nSPS) is 30.4. The second kappa shape index (κ2) is 6.87. The van der Waals surface area contributed by atoms with Crippen LogP contribution in [0.25, 0.3) is 0 Å². The van der Waals surface area contributed by atoms with Gasteiger partial charge in [0.05, 0.1) is 6.61 Å². The summed E-state index contributed by atoms with van der Waals surface area (Å²) in [6.45, 7) is 6.83. The highest BCUT2D eigenvalue weighted by molar-refractivity contribution is 8.00. The predicted octanol–water partition coefficient (Wildman–Crippen LogP) is 2.64. The minimum atomic E-state index is 0.118. The van der Waals surface area contributed by atoms with E-state index < -0.39 is 0 Å². The van der Waals surface area contributed by atoms with Gasteiger partial charge in [0.2, 0.25) is 0 Å². The van der Waals surface area contributed by atoms with Crippen molar-refractivity contribution in [3.05, 3.63) is 0 Å². The van der Waals surface area contributed by atoms with Crippen molar-refractivity contribution in [2.24, 2.45) is 17.6 Å². The highest BCUT2D eigenvalue weighted by Crippen LogP contribution is 2.35. The Morgan fingerprint density at radius 3 is 2.56 bits per heavy atom. The molecule has 3 N–H and O–H groups in total. The van der Waals surface area contributed by atoms with Crippen LogP contribution in [-0.4, -0.2) is 28.3 Å². The Balaban J connectivity index is 2.42. The number of aliphatic hydroxyl groups is 1. The third-order valence-corrected chi connectivity index (χ3v) is 5.26.